The average Bonchev–Trinajstić information content (AvgIpc) is 2.96. The van der Waals surface area contributed by atoms with Crippen molar-refractivity contribution in [2.24, 2.45) is 20.5 Å². The summed E-state index contributed by atoms with van der Waals surface area (Å²) < 4.78 is 34.2. The van der Waals surface area contributed by atoms with Crippen molar-refractivity contribution in [2.45, 2.75) is 25.7 Å². The number of hydrogen-bond donors (Lipinski definition) is 3. The van der Waals surface area contributed by atoms with E-state index in [1.165, 1.54) is 18.2 Å². The first-order valence-electron chi connectivity index (χ1n) is 12.8. The summed E-state index contributed by atoms with van der Waals surface area (Å²) in [5.41, 5.74) is 9.40. The van der Waals surface area contributed by atoms with Crippen LogP contribution < -0.4 is 10.6 Å². The Hall–Kier alpha value is -4.29. The predicted molar refractivity (Wildman–Crippen MR) is 162 cm³/mol. The van der Waals surface area contributed by atoms with Crippen LogP contribution in [-0.4, -0.2) is 40.1 Å². The van der Waals surface area contributed by atoms with Crippen molar-refractivity contribution in [3.63, 3.8) is 0 Å². The second-order valence-corrected chi connectivity index (χ2v) is 11.0. The second-order valence-electron chi connectivity index (χ2n) is 9.64. The molecule has 0 radical (unpaired) electrons. The smallest absolute Gasteiger partial charge is 0.296 e. The van der Waals surface area contributed by atoms with E-state index in [2.05, 4.69) is 41.7 Å². The maximum atomic E-state index is 12.2. The molecule has 222 valence electrons. The molecule has 44 heavy (non-hydrogen) atoms. The molecule has 0 amide bonds. The maximum Gasteiger partial charge on any atom is 0.296 e. The molecule has 0 saturated heterocycles. The first kappa shape index (κ1) is 32.6. The summed E-state index contributed by atoms with van der Waals surface area (Å²) in [6.07, 6.45) is 2.50. The first-order chi connectivity index (χ1) is 20.4. The summed E-state index contributed by atoms with van der Waals surface area (Å²) in [7, 11) is -3.02. The number of phenols is 1. The van der Waals surface area contributed by atoms with E-state index in [0.29, 0.717) is 33.8 Å². The third-order valence-corrected chi connectivity index (χ3v) is 7.53. The van der Waals surface area contributed by atoms with Crippen molar-refractivity contribution in [3.8, 4) is 5.75 Å². The molecular weight excluding hydrogens is 808 g/mol. The van der Waals surface area contributed by atoms with Crippen molar-refractivity contribution >= 4 is 61.0 Å². The summed E-state index contributed by atoms with van der Waals surface area (Å²) in [5, 5.41) is 29.1. The van der Waals surface area contributed by atoms with Crippen LogP contribution in [0.15, 0.2) is 86.0 Å². The van der Waals surface area contributed by atoms with E-state index in [4.69, 9.17) is 5.73 Å². The molecule has 13 nitrogen and oxygen atoms in total. The Bertz CT molecular complexity index is 2050. The van der Waals surface area contributed by atoms with Gasteiger partial charge in [0.15, 0.2) is 5.75 Å². The van der Waals surface area contributed by atoms with Gasteiger partial charge in [-0.2, -0.15) is 13.5 Å². The molecule has 0 bridgehead atoms. The molecule has 4 N–H and O–H groups in total. The van der Waals surface area contributed by atoms with Crippen LogP contribution in [0.4, 0.5) is 40.1 Å². The average molecular weight is 835 g/mol. The monoisotopic (exact) mass is 834 g/mol. The Morgan fingerprint density at radius 3 is 2.27 bits per heavy atom. The van der Waals surface area contributed by atoms with Gasteiger partial charge in [0, 0.05) is 56.0 Å². The quantitative estimate of drug-likeness (QED) is 0.0679. The molecule has 0 aliphatic heterocycles. The number of nitrogens with two attached hydrogens (primary N) is 1. The molecule has 1 heterocycles. The standard InChI is InChI=1S/C29H26N9O4S.U/c1-16-7-5-6-8-21(16)34-35-22-11-9-19-13-17(2)27(28(39)25(19)26(22)30)37-36-23-14-20(10-12-24(23)43(40,41)42)38(4)29-32-15-31-18(3)33-29;/h5-14,39H,30H2,1-4H3,(H,40,41,42);/q-1;. The van der Waals surface area contributed by atoms with Crippen LogP contribution in [-0.2, 0) is 10.1 Å². The minimum atomic E-state index is -4.68. The molecule has 0 fully saturated rings. The molecule has 0 unspecified atom stereocenters. The number of azo groups is 2. The molecule has 0 aliphatic carbocycles. The minimum Gasteiger partial charge on any atom is -0.505 e. The van der Waals surface area contributed by atoms with Crippen LogP contribution in [0.1, 0.15) is 17.0 Å². The van der Waals surface area contributed by atoms with E-state index >= 15 is 0 Å². The predicted octanol–water partition coefficient (Wildman–Crippen LogP) is 6.88. The van der Waals surface area contributed by atoms with Gasteiger partial charge in [0.1, 0.15) is 27.9 Å². The largest absolute Gasteiger partial charge is 0.505 e. The summed E-state index contributed by atoms with van der Waals surface area (Å²) in [5.74, 6) is 0.415. The summed E-state index contributed by atoms with van der Waals surface area (Å²) >= 11 is 0. The van der Waals surface area contributed by atoms with E-state index in [1.54, 1.807) is 44.0 Å². The molecule has 0 spiro atoms. The fourth-order valence-electron chi connectivity index (χ4n) is 4.33. The van der Waals surface area contributed by atoms with Gasteiger partial charge in [-0.1, -0.05) is 31.2 Å². The summed E-state index contributed by atoms with van der Waals surface area (Å²) in [6.45, 7) is 5.30. The fourth-order valence-corrected chi connectivity index (χ4v) is 4.93. The van der Waals surface area contributed by atoms with Gasteiger partial charge in [-0.25, -0.2) is 0 Å². The number of anilines is 3. The Morgan fingerprint density at radius 2 is 1.57 bits per heavy atom. The topological polar surface area (TPSA) is 192 Å². The van der Waals surface area contributed by atoms with Crippen LogP contribution in [0, 0.1) is 58.2 Å². The van der Waals surface area contributed by atoms with Crippen LogP contribution in [0.3, 0.4) is 0 Å². The Balaban J connectivity index is 0.00000442. The zero-order chi connectivity index (χ0) is 30.9. The van der Waals surface area contributed by atoms with E-state index in [1.807, 2.05) is 31.2 Å². The molecule has 4 aromatic carbocycles. The van der Waals surface area contributed by atoms with E-state index < -0.39 is 15.0 Å². The van der Waals surface area contributed by atoms with Gasteiger partial charge in [0.05, 0.1) is 16.8 Å². The van der Waals surface area contributed by atoms with Crippen LogP contribution in [0.25, 0.3) is 10.8 Å². The molecule has 5 rings (SSSR count). The van der Waals surface area contributed by atoms with Gasteiger partial charge >= 0.3 is 0 Å². The number of hydrogen-bond acceptors (Lipinski definition) is 12. The number of rotatable bonds is 7. The molecular formula is C29H26N9O4SU-. The Labute approximate surface area is 277 Å². The van der Waals surface area contributed by atoms with Gasteiger partial charge in [-0.15, -0.1) is 15.3 Å². The number of fused-ring (bicyclic) bond motifs is 1. The third kappa shape index (κ3) is 6.76. The Kier molecular flexibility index (Phi) is 9.75. The number of nitrogen functional groups attached to an aromatic ring is 1. The molecule has 0 atom stereocenters. The minimum absolute atomic E-state index is 0. The van der Waals surface area contributed by atoms with Gasteiger partial charge < -0.3 is 30.7 Å². The molecule has 1 aromatic heterocycles. The van der Waals surface area contributed by atoms with Crippen molar-refractivity contribution in [2.75, 3.05) is 17.7 Å². The number of aromatic hydroxyl groups is 1. The Morgan fingerprint density at radius 1 is 0.864 bits per heavy atom. The SMILES string of the molecule is Cc1n[c-]nc(N(C)c2ccc(S(=O)(=O)O)c(N=Nc3c(C)cc4ccc(N=Nc5ccccc5C)c(N)c4c3O)c2)n1.[U]. The van der Waals surface area contributed by atoms with Gasteiger partial charge in [0.25, 0.3) is 10.1 Å². The van der Waals surface area contributed by atoms with Crippen molar-refractivity contribution < 1.29 is 49.2 Å². The molecule has 5 aromatic rings. The van der Waals surface area contributed by atoms with Crippen molar-refractivity contribution in [1.29, 1.82) is 0 Å². The normalized spacial score (nSPS) is 11.8. The van der Waals surface area contributed by atoms with Crippen LogP contribution in [0.5, 0.6) is 5.75 Å². The van der Waals surface area contributed by atoms with Gasteiger partial charge in [-0.3, -0.25) is 4.55 Å². The van der Waals surface area contributed by atoms with Gasteiger partial charge in [-0.05, 0) is 66.8 Å². The van der Waals surface area contributed by atoms with Crippen LogP contribution in [0.2, 0.25) is 0 Å². The number of aryl methyl sites for hydroxylation is 3. The number of aromatic nitrogens is 3. The fraction of sp³-hybridized carbons (Fsp3) is 0.138. The van der Waals surface area contributed by atoms with Gasteiger partial charge in [0.2, 0.25) is 0 Å². The van der Waals surface area contributed by atoms with Crippen molar-refractivity contribution in [1.82, 2.24) is 15.0 Å². The van der Waals surface area contributed by atoms with E-state index in [9.17, 15) is 18.1 Å². The number of phenolic OH excluding ortho intramolecular Hbond substituents is 1. The molecule has 0 aliphatic rings. The molecule has 15 heteroatoms. The zero-order valence-electron chi connectivity index (χ0n) is 24.0. The summed E-state index contributed by atoms with van der Waals surface area (Å²) in [6, 6.07) is 16.7. The number of benzene rings is 4. The van der Waals surface area contributed by atoms with E-state index in [-0.39, 0.29) is 65.3 Å². The van der Waals surface area contributed by atoms with Crippen LogP contribution >= 0.6 is 0 Å². The number of nitrogens with zero attached hydrogens (tertiary/aromatic N) is 8. The maximum absolute atomic E-state index is 12.2. The van der Waals surface area contributed by atoms with Crippen molar-refractivity contribution in [3.05, 3.63) is 83.9 Å². The second kappa shape index (κ2) is 13.1. The summed E-state index contributed by atoms with van der Waals surface area (Å²) in [4.78, 5) is 13.2. The molecule has 0 saturated carbocycles. The third-order valence-electron chi connectivity index (χ3n) is 6.63. The first-order valence-corrected chi connectivity index (χ1v) is 14.3. The zero-order valence-corrected chi connectivity index (χ0v) is 29.0. The van der Waals surface area contributed by atoms with E-state index in [0.717, 1.165) is 5.56 Å².